The average molecular weight is 341 g/mol. The van der Waals surface area contributed by atoms with E-state index in [-0.39, 0.29) is 44.6 Å². The molecule has 0 heterocycles. The Hall–Kier alpha value is 0.668. The van der Waals surface area contributed by atoms with Crippen LogP contribution in [0.25, 0.3) is 0 Å². The van der Waals surface area contributed by atoms with Crippen molar-refractivity contribution in [2.75, 3.05) is 7.11 Å². The minimum Gasteiger partial charge on any atom is -0.425 e. The Morgan fingerprint density at radius 1 is 0.833 bits per heavy atom. The summed E-state index contributed by atoms with van der Waals surface area (Å²) in [7, 11) is -3.40. The molecular formula is C9H40O5Si4. The Morgan fingerprint density at radius 3 is 1.61 bits per heavy atom. The minimum atomic E-state index is -1.89. The van der Waals surface area contributed by atoms with Gasteiger partial charge >= 0.3 is 8.56 Å². The van der Waals surface area contributed by atoms with Crippen molar-refractivity contribution in [2.24, 2.45) is 0 Å². The van der Waals surface area contributed by atoms with Crippen LogP contribution in [-0.4, -0.2) is 50.5 Å². The van der Waals surface area contributed by atoms with Gasteiger partial charge in [0, 0.05) is 7.11 Å². The molecule has 0 aliphatic heterocycles. The monoisotopic (exact) mass is 340 g/mol. The quantitative estimate of drug-likeness (QED) is 0.557. The van der Waals surface area contributed by atoms with E-state index < -0.39 is 38.6 Å². The predicted molar refractivity (Wildman–Crippen MR) is 96.0 cm³/mol. The van der Waals surface area contributed by atoms with E-state index in [1.54, 1.807) is 7.11 Å². The molecule has 0 radical (unpaired) electrons. The highest BCUT2D eigenvalue weighted by Crippen LogP contribution is 2.02. The third kappa shape index (κ3) is 30.1. The van der Waals surface area contributed by atoms with Crippen molar-refractivity contribution in [2.45, 2.75) is 57.7 Å². The second-order valence-electron chi connectivity index (χ2n) is 2.52. The minimum absolute atomic E-state index is 0. The molecule has 0 spiro atoms. The van der Waals surface area contributed by atoms with Crippen molar-refractivity contribution in [3.8, 4) is 0 Å². The van der Waals surface area contributed by atoms with Crippen LogP contribution in [0.3, 0.4) is 0 Å². The first kappa shape index (κ1) is 42.8. The van der Waals surface area contributed by atoms with Crippen LogP contribution in [0.5, 0.6) is 0 Å². The van der Waals surface area contributed by atoms with Crippen molar-refractivity contribution in [1.82, 2.24) is 0 Å². The van der Waals surface area contributed by atoms with Gasteiger partial charge in [-0.1, -0.05) is 44.6 Å². The zero-order valence-corrected chi connectivity index (χ0v) is 12.9. The highest BCUT2D eigenvalue weighted by Gasteiger charge is 2.21. The maximum atomic E-state index is 8.40. The largest absolute Gasteiger partial charge is 0.425 e. The van der Waals surface area contributed by atoms with Gasteiger partial charge in [0.15, 0.2) is 0 Å². The molecule has 5 nitrogen and oxygen atoms in total. The summed E-state index contributed by atoms with van der Waals surface area (Å²) in [4.78, 5) is 8.40. The van der Waals surface area contributed by atoms with E-state index in [0.29, 0.717) is 0 Å². The van der Waals surface area contributed by atoms with E-state index in [2.05, 4.69) is 0 Å². The van der Waals surface area contributed by atoms with E-state index >= 15 is 0 Å². The Kier molecular flexibility index (Phi) is 62.5. The van der Waals surface area contributed by atoms with E-state index in [1.807, 2.05) is 13.1 Å². The van der Waals surface area contributed by atoms with E-state index in [0.717, 1.165) is 0 Å². The number of hydrogen-bond acceptors (Lipinski definition) is 5. The van der Waals surface area contributed by atoms with Crippen LogP contribution in [0, 0.1) is 0 Å². The van der Waals surface area contributed by atoms with E-state index in [4.69, 9.17) is 21.6 Å². The van der Waals surface area contributed by atoms with Crippen LogP contribution in [0.4, 0.5) is 0 Å². The van der Waals surface area contributed by atoms with Gasteiger partial charge in [-0.05, 0) is 13.1 Å². The van der Waals surface area contributed by atoms with Crippen LogP contribution < -0.4 is 0 Å². The first-order valence-corrected chi connectivity index (χ1v) is 9.91. The molecule has 0 amide bonds. The first-order chi connectivity index (χ1) is 5.62. The summed E-state index contributed by atoms with van der Waals surface area (Å²) < 4.78 is 20.6. The smallest absolute Gasteiger partial charge is 0.322 e. The third-order valence-corrected chi connectivity index (χ3v) is 8.21. The van der Waals surface area contributed by atoms with E-state index in [9.17, 15) is 0 Å². The fourth-order valence-electron chi connectivity index (χ4n) is 0.373. The molecule has 0 fully saturated rings. The van der Waals surface area contributed by atoms with Gasteiger partial charge in [0.1, 0.15) is 0 Å². The van der Waals surface area contributed by atoms with Crippen molar-refractivity contribution < 1.29 is 21.6 Å². The molecule has 0 aromatic carbocycles. The van der Waals surface area contributed by atoms with Crippen LogP contribution in [-0.2, 0) is 16.8 Å². The van der Waals surface area contributed by atoms with Crippen LogP contribution in [0.1, 0.15) is 44.6 Å². The van der Waals surface area contributed by atoms with Crippen LogP contribution in [0.15, 0.2) is 0 Å². The molecule has 9 heteroatoms. The number of hydrogen-bond donors (Lipinski definition) is 1. The van der Waals surface area contributed by atoms with E-state index in [1.165, 1.54) is 0 Å². The lowest BCUT2D eigenvalue weighted by Gasteiger charge is -2.20. The second-order valence-corrected chi connectivity index (χ2v) is 10.9. The van der Waals surface area contributed by atoms with Gasteiger partial charge in [0.25, 0.3) is 30.0 Å². The lowest BCUT2D eigenvalue weighted by Crippen LogP contribution is -2.36. The summed E-state index contributed by atoms with van der Waals surface area (Å²) in [5.41, 5.74) is 0. The van der Waals surface area contributed by atoms with Crippen molar-refractivity contribution in [3.05, 3.63) is 0 Å². The SMILES string of the molecule is C.C.C.C.C.C.CO[Si](C)(C)O[SiH2]O[SiH2]O[SiH2]O. The summed E-state index contributed by atoms with van der Waals surface area (Å²) >= 11 is 0. The summed E-state index contributed by atoms with van der Waals surface area (Å²) in [6.07, 6.45) is 0. The molecule has 0 aliphatic carbocycles. The van der Waals surface area contributed by atoms with Gasteiger partial charge < -0.3 is 21.6 Å². The molecule has 0 atom stereocenters. The average Bonchev–Trinajstić information content (AvgIpc) is 2.04. The van der Waals surface area contributed by atoms with Gasteiger partial charge in [-0.15, -0.1) is 0 Å². The molecule has 0 bridgehead atoms. The highest BCUT2D eigenvalue weighted by molar-refractivity contribution is 6.69. The molecular weight excluding hydrogens is 300 g/mol. The molecule has 0 aliphatic rings. The van der Waals surface area contributed by atoms with Gasteiger partial charge in [-0.3, -0.25) is 0 Å². The third-order valence-electron chi connectivity index (χ3n) is 1.24. The Bertz CT molecular complexity index is 119. The molecule has 122 valence electrons. The van der Waals surface area contributed by atoms with Gasteiger partial charge in [0.2, 0.25) is 0 Å². The normalized spacial score (nSPS) is 10.0. The van der Waals surface area contributed by atoms with Crippen molar-refractivity contribution in [3.63, 3.8) is 0 Å². The van der Waals surface area contributed by atoms with Gasteiger partial charge in [0.05, 0.1) is 0 Å². The Morgan fingerprint density at radius 2 is 1.28 bits per heavy atom. The zero-order valence-electron chi connectivity index (χ0n) is 7.70. The standard InChI is InChI=1S/C3H16O5Si4.6CH4/c1-5-12(2,3)8-11-7-10-6-9-4;;;;;;/h4H,9-11H2,1-3H3;6*1H4. The second kappa shape index (κ2) is 26.3. The molecule has 18 heavy (non-hydrogen) atoms. The molecule has 1 N–H and O–H groups in total. The highest BCUT2D eigenvalue weighted by atomic mass is 28.4. The van der Waals surface area contributed by atoms with Gasteiger partial charge in [-0.2, -0.15) is 0 Å². The number of rotatable bonds is 7. The summed E-state index contributed by atoms with van der Waals surface area (Å²) in [6, 6.07) is 0. The fraction of sp³-hybridized carbons (Fsp3) is 1.00. The molecule has 0 unspecified atom stereocenters. The maximum Gasteiger partial charge on any atom is 0.322 e. The molecule has 0 aromatic heterocycles. The Labute approximate surface area is 125 Å². The van der Waals surface area contributed by atoms with Crippen LogP contribution >= 0.6 is 0 Å². The fourth-order valence-corrected chi connectivity index (χ4v) is 5.17. The lowest BCUT2D eigenvalue weighted by atomic mass is 11.8. The molecule has 0 aromatic rings. The van der Waals surface area contributed by atoms with Gasteiger partial charge in [-0.25, -0.2) is 0 Å². The topological polar surface area (TPSA) is 57.2 Å². The van der Waals surface area contributed by atoms with Crippen molar-refractivity contribution >= 4 is 38.6 Å². The summed E-state index contributed by atoms with van der Waals surface area (Å²) in [5, 5.41) is 0. The summed E-state index contributed by atoms with van der Waals surface area (Å²) in [5.74, 6) is 0. The molecule has 0 saturated heterocycles. The first-order valence-electron chi connectivity index (χ1n) is 3.58. The summed E-state index contributed by atoms with van der Waals surface area (Å²) in [6.45, 7) is 3.93. The maximum absolute atomic E-state index is 8.40. The Balaban J connectivity index is -0.0000000403. The lowest BCUT2D eigenvalue weighted by molar-refractivity contribution is 0.298. The van der Waals surface area contributed by atoms with Crippen LogP contribution in [0.2, 0.25) is 13.1 Å². The van der Waals surface area contributed by atoms with Crippen molar-refractivity contribution in [1.29, 1.82) is 0 Å². The molecule has 0 rings (SSSR count). The predicted octanol–water partition coefficient (Wildman–Crippen LogP) is 1.19. The zero-order chi connectivity index (χ0) is 9.45. The molecule has 0 saturated carbocycles.